The van der Waals surface area contributed by atoms with Gasteiger partial charge in [-0.3, -0.25) is 9.59 Å². The second kappa shape index (κ2) is 7.16. The predicted octanol–water partition coefficient (Wildman–Crippen LogP) is 5.39. The van der Waals surface area contributed by atoms with Crippen LogP contribution in [0.5, 0.6) is 0 Å². The molecule has 0 bridgehead atoms. The van der Waals surface area contributed by atoms with Gasteiger partial charge in [0.05, 0.1) is 23.3 Å². The van der Waals surface area contributed by atoms with Crippen LogP contribution in [0, 0.1) is 6.92 Å². The first-order valence-electron chi connectivity index (χ1n) is 9.71. The first kappa shape index (κ1) is 18.1. The minimum Gasteiger partial charge on any atom is -0.464 e. The molecule has 0 aliphatic heterocycles. The van der Waals surface area contributed by atoms with Crippen molar-refractivity contribution in [1.82, 2.24) is 0 Å². The van der Waals surface area contributed by atoms with Gasteiger partial charge < -0.3 is 8.83 Å². The highest BCUT2D eigenvalue weighted by atomic mass is 16.3. The van der Waals surface area contributed by atoms with Crippen LogP contribution in [0.25, 0.3) is 21.9 Å². The molecule has 4 heteroatoms. The molecule has 0 saturated heterocycles. The van der Waals surface area contributed by atoms with Crippen molar-refractivity contribution in [3.05, 3.63) is 128 Å². The molecule has 0 radical (unpaired) electrons. The Morgan fingerprint density at radius 2 is 1.10 bits per heavy atom. The summed E-state index contributed by atoms with van der Waals surface area (Å²) in [7, 11) is 0. The molecule has 0 spiro atoms. The van der Waals surface area contributed by atoms with Gasteiger partial charge in [-0.25, -0.2) is 0 Å². The van der Waals surface area contributed by atoms with E-state index in [0.29, 0.717) is 33.1 Å². The SMILES string of the molecule is Cc1ccc(C(c2coc3ccccc3c2=O)c2coc3ccccc3c2=O)cc1. The lowest BCUT2D eigenvalue weighted by atomic mass is 9.85. The third kappa shape index (κ3) is 2.94. The number of rotatable bonds is 3. The average Bonchev–Trinajstić information content (AvgIpc) is 2.78. The Hall–Kier alpha value is -3.92. The Labute approximate surface area is 172 Å². The molecule has 4 nitrogen and oxygen atoms in total. The van der Waals surface area contributed by atoms with Gasteiger partial charge in [0, 0.05) is 17.0 Å². The van der Waals surface area contributed by atoms with Crippen LogP contribution in [0.4, 0.5) is 0 Å². The summed E-state index contributed by atoms with van der Waals surface area (Å²) < 4.78 is 11.5. The maximum atomic E-state index is 13.4. The van der Waals surface area contributed by atoms with Crippen molar-refractivity contribution in [2.24, 2.45) is 0 Å². The lowest BCUT2D eigenvalue weighted by Gasteiger charge is -2.17. The van der Waals surface area contributed by atoms with Crippen LogP contribution in [0.2, 0.25) is 0 Å². The van der Waals surface area contributed by atoms with Gasteiger partial charge >= 0.3 is 0 Å². The monoisotopic (exact) mass is 394 g/mol. The van der Waals surface area contributed by atoms with Crippen LogP contribution in [0.1, 0.15) is 28.2 Å². The van der Waals surface area contributed by atoms with Crippen LogP contribution in [0.3, 0.4) is 0 Å². The third-order valence-electron chi connectivity index (χ3n) is 5.45. The molecule has 0 aliphatic carbocycles. The van der Waals surface area contributed by atoms with Gasteiger partial charge in [0.25, 0.3) is 0 Å². The van der Waals surface area contributed by atoms with Crippen molar-refractivity contribution < 1.29 is 8.83 Å². The summed E-state index contributed by atoms with van der Waals surface area (Å²) in [6.07, 6.45) is 2.92. The van der Waals surface area contributed by atoms with Crippen molar-refractivity contribution in [1.29, 1.82) is 0 Å². The average molecular weight is 394 g/mol. The normalized spacial score (nSPS) is 11.4. The molecule has 0 unspecified atom stereocenters. The number of para-hydroxylation sites is 2. The maximum absolute atomic E-state index is 13.4. The van der Waals surface area contributed by atoms with Crippen molar-refractivity contribution in [3.63, 3.8) is 0 Å². The summed E-state index contributed by atoms with van der Waals surface area (Å²) in [5.74, 6) is -0.604. The minimum absolute atomic E-state index is 0.157. The van der Waals surface area contributed by atoms with E-state index >= 15 is 0 Å². The largest absolute Gasteiger partial charge is 0.464 e. The topological polar surface area (TPSA) is 60.4 Å². The summed E-state index contributed by atoms with van der Waals surface area (Å²) in [6.45, 7) is 1.99. The van der Waals surface area contributed by atoms with Gasteiger partial charge in [-0.15, -0.1) is 0 Å². The molecule has 3 aromatic carbocycles. The molecule has 146 valence electrons. The first-order chi connectivity index (χ1) is 14.6. The van der Waals surface area contributed by atoms with E-state index in [4.69, 9.17) is 8.83 Å². The zero-order valence-corrected chi connectivity index (χ0v) is 16.3. The number of benzene rings is 3. The fourth-order valence-corrected chi connectivity index (χ4v) is 3.87. The Morgan fingerprint density at radius 3 is 1.60 bits per heavy atom. The molecule has 0 fully saturated rings. The van der Waals surface area contributed by atoms with Crippen LogP contribution in [0.15, 0.2) is 104 Å². The standard InChI is InChI=1S/C26H18O4/c1-16-10-12-17(13-11-16)24(20-14-29-22-8-4-2-6-18(22)25(20)27)21-15-30-23-9-5-3-7-19(23)26(21)28/h2-15,24H,1H3. The molecule has 0 saturated carbocycles. The lowest BCUT2D eigenvalue weighted by Crippen LogP contribution is -2.21. The van der Waals surface area contributed by atoms with Crippen molar-refractivity contribution in [3.8, 4) is 0 Å². The van der Waals surface area contributed by atoms with Crippen molar-refractivity contribution >= 4 is 21.9 Å². The van der Waals surface area contributed by atoms with Crippen molar-refractivity contribution in [2.45, 2.75) is 12.8 Å². The van der Waals surface area contributed by atoms with Crippen LogP contribution >= 0.6 is 0 Å². The Bertz CT molecular complexity index is 1400. The third-order valence-corrected chi connectivity index (χ3v) is 5.45. The molecular formula is C26H18O4. The second-order valence-electron chi connectivity index (χ2n) is 7.38. The van der Waals surface area contributed by atoms with E-state index < -0.39 is 5.92 Å². The molecular weight excluding hydrogens is 376 g/mol. The minimum atomic E-state index is -0.604. The summed E-state index contributed by atoms with van der Waals surface area (Å²) >= 11 is 0. The highest BCUT2D eigenvalue weighted by molar-refractivity contribution is 5.78. The Kier molecular flexibility index (Phi) is 4.32. The van der Waals surface area contributed by atoms with Crippen LogP contribution in [-0.2, 0) is 0 Å². The molecule has 0 N–H and O–H groups in total. The van der Waals surface area contributed by atoms with E-state index in [1.54, 1.807) is 36.4 Å². The number of fused-ring (bicyclic) bond motifs is 2. The first-order valence-corrected chi connectivity index (χ1v) is 9.71. The van der Waals surface area contributed by atoms with Crippen molar-refractivity contribution in [2.75, 3.05) is 0 Å². The summed E-state index contributed by atoms with van der Waals surface area (Å²) in [5.41, 5.74) is 3.43. The molecule has 2 heterocycles. The Morgan fingerprint density at radius 1 is 0.633 bits per heavy atom. The predicted molar refractivity (Wildman–Crippen MR) is 117 cm³/mol. The quantitative estimate of drug-likeness (QED) is 0.412. The maximum Gasteiger partial charge on any atom is 0.196 e. The van der Waals surface area contributed by atoms with Crippen LogP contribution in [-0.4, -0.2) is 0 Å². The highest BCUT2D eigenvalue weighted by Gasteiger charge is 2.25. The molecule has 2 aromatic heterocycles. The van der Waals surface area contributed by atoms with Gasteiger partial charge in [-0.1, -0.05) is 54.1 Å². The van der Waals surface area contributed by atoms with E-state index in [1.165, 1.54) is 12.5 Å². The molecule has 5 rings (SSSR count). The molecule has 5 aromatic rings. The van der Waals surface area contributed by atoms with Gasteiger partial charge in [-0.2, -0.15) is 0 Å². The molecule has 0 amide bonds. The fourth-order valence-electron chi connectivity index (χ4n) is 3.87. The molecule has 0 atom stereocenters. The second-order valence-corrected chi connectivity index (χ2v) is 7.38. The van der Waals surface area contributed by atoms with E-state index in [9.17, 15) is 9.59 Å². The van der Waals surface area contributed by atoms with Gasteiger partial charge in [-0.05, 0) is 36.8 Å². The fraction of sp³-hybridized carbons (Fsp3) is 0.0769. The summed E-state index contributed by atoms with van der Waals surface area (Å²) in [4.78, 5) is 26.7. The number of hydrogen-bond acceptors (Lipinski definition) is 4. The smallest absolute Gasteiger partial charge is 0.196 e. The molecule has 0 aliphatic rings. The summed E-state index contributed by atoms with van der Waals surface area (Å²) in [6, 6.07) is 22.0. The van der Waals surface area contributed by atoms with E-state index in [-0.39, 0.29) is 10.9 Å². The van der Waals surface area contributed by atoms with E-state index in [2.05, 4.69) is 0 Å². The molecule has 30 heavy (non-hydrogen) atoms. The van der Waals surface area contributed by atoms with Gasteiger partial charge in [0.1, 0.15) is 11.2 Å². The van der Waals surface area contributed by atoms with Gasteiger partial charge in [0.2, 0.25) is 0 Å². The highest BCUT2D eigenvalue weighted by Crippen LogP contribution is 2.31. The lowest BCUT2D eigenvalue weighted by molar-refractivity contribution is 0.578. The zero-order valence-electron chi connectivity index (χ0n) is 16.3. The van der Waals surface area contributed by atoms with Gasteiger partial charge in [0.15, 0.2) is 10.9 Å². The number of hydrogen-bond donors (Lipinski definition) is 0. The summed E-state index contributed by atoms with van der Waals surface area (Å²) in [5, 5.41) is 0.967. The van der Waals surface area contributed by atoms with Crippen LogP contribution < -0.4 is 10.9 Å². The van der Waals surface area contributed by atoms with E-state index in [0.717, 1.165) is 11.1 Å². The van der Waals surface area contributed by atoms with E-state index in [1.807, 2.05) is 43.3 Å². The zero-order chi connectivity index (χ0) is 20.7. The number of aryl methyl sites for hydroxylation is 1. The Balaban J connectivity index is 1.83.